The first-order valence-corrected chi connectivity index (χ1v) is 9.01. The third-order valence-corrected chi connectivity index (χ3v) is 5.68. The third-order valence-electron chi connectivity index (χ3n) is 4.19. The molecule has 3 aromatic rings. The smallest absolute Gasteiger partial charge is 0.332 e. The average molecular weight is 359 g/mol. The van der Waals surface area contributed by atoms with E-state index in [9.17, 15) is 9.90 Å². The zero-order chi connectivity index (χ0) is 16.7. The van der Waals surface area contributed by atoms with Gasteiger partial charge in [-0.2, -0.15) is 0 Å². The molecule has 0 bridgehead atoms. The molecule has 6 heteroatoms. The summed E-state index contributed by atoms with van der Waals surface area (Å²) in [6, 6.07) is 17.2. The summed E-state index contributed by atoms with van der Waals surface area (Å²) in [6.45, 7) is 0.327. The van der Waals surface area contributed by atoms with Crippen molar-refractivity contribution in [1.82, 2.24) is 9.13 Å². The van der Waals surface area contributed by atoms with E-state index >= 15 is 0 Å². The van der Waals surface area contributed by atoms with Crippen LogP contribution in [0.5, 0.6) is 5.88 Å². The van der Waals surface area contributed by atoms with E-state index in [0.717, 1.165) is 11.1 Å². The van der Waals surface area contributed by atoms with Crippen molar-refractivity contribution < 1.29 is 5.11 Å². The minimum Gasteiger partial charge on any atom is -0.493 e. The summed E-state index contributed by atoms with van der Waals surface area (Å²) >= 11 is 7.55. The van der Waals surface area contributed by atoms with Crippen LogP contribution in [0.15, 0.2) is 59.4 Å². The van der Waals surface area contributed by atoms with Gasteiger partial charge in [0, 0.05) is 10.8 Å². The highest BCUT2D eigenvalue weighted by Crippen LogP contribution is 2.42. The molecule has 0 spiro atoms. The van der Waals surface area contributed by atoms with Crippen LogP contribution in [0.2, 0.25) is 5.02 Å². The molecule has 0 aliphatic carbocycles. The minimum absolute atomic E-state index is 0.0564. The van der Waals surface area contributed by atoms with Gasteiger partial charge in [0.15, 0.2) is 0 Å². The number of fused-ring (bicyclic) bond motifs is 1. The molecular formula is C18H15ClN2O2S. The van der Waals surface area contributed by atoms with E-state index < -0.39 is 0 Å². The zero-order valence-corrected chi connectivity index (χ0v) is 14.3. The molecule has 4 rings (SSSR count). The van der Waals surface area contributed by atoms with Crippen LogP contribution in [-0.4, -0.2) is 14.2 Å². The molecule has 1 aliphatic heterocycles. The molecule has 0 radical (unpaired) electrons. The van der Waals surface area contributed by atoms with Crippen LogP contribution in [-0.2, 0) is 12.3 Å². The van der Waals surface area contributed by atoms with E-state index in [4.69, 9.17) is 11.6 Å². The molecule has 0 amide bonds. The van der Waals surface area contributed by atoms with Crippen molar-refractivity contribution in [2.45, 2.75) is 17.7 Å². The van der Waals surface area contributed by atoms with Gasteiger partial charge in [-0.25, -0.2) is 4.79 Å². The number of imidazole rings is 1. The second-order valence-corrected chi connectivity index (χ2v) is 7.21. The number of rotatable bonds is 3. The predicted octanol–water partition coefficient (Wildman–Crippen LogP) is 3.85. The number of thioether (sulfide) groups is 1. The highest BCUT2D eigenvalue weighted by atomic mass is 35.5. The number of aromatic hydroxyl groups is 1. The van der Waals surface area contributed by atoms with Gasteiger partial charge in [-0.1, -0.05) is 54.1 Å². The molecule has 2 heterocycles. The number of nitrogens with zero attached hydrogens (tertiary/aromatic N) is 2. The van der Waals surface area contributed by atoms with Crippen LogP contribution in [0.4, 0.5) is 0 Å². The van der Waals surface area contributed by atoms with Crippen LogP contribution < -0.4 is 5.69 Å². The second-order valence-electron chi connectivity index (χ2n) is 5.71. The fraction of sp³-hybridized carbons (Fsp3) is 0.167. The monoisotopic (exact) mass is 358 g/mol. The minimum atomic E-state index is -0.184. The zero-order valence-electron chi connectivity index (χ0n) is 12.7. The highest BCUT2D eigenvalue weighted by molar-refractivity contribution is 7.99. The molecule has 122 valence electrons. The highest BCUT2D eigenvalue weighted by Gasteiger charge is 2.32. The lowest BCUT2D eigenvalue weighted by Gasteiger charge is -2.11. The van der Waals surface area contributed by atoms with Crippen molar-refractivity contribution in [2.75, 3.05) is 0 Å². The summed E-state index contributed by atoms with van der Waals surface area (Å²) in [5.41, 5.74) is 2.49. The predicted molar refractivity (Wildman–Crippen MR) is 96.8 cm³/mol. The summed E-state index contributed by atoms with van der Waals surface area (Å²) in [4.78, 5) is 12.9. The van der Waals surface area contributed by atoms with Crippen molar-refractivity contribution >= 4 is 23.4 Å². The van der Waals surface area contributed by atoms with E-state index in [0.29, 0.717) is 23.0 Å². The summed E-state index contributed by atoms with van der Waals surface area (Å²) in [5.74, 6) is 0.676. The lowest BCUT2D eigenvalue weighted by Crippen LogP contribution is -2.26. The van der Waals surface area contributed by atoms with Crippen molar-refractivity contribution in [2.24, 2.45) is 0 Å². The largest absolute Gasteiger partial charge is 0.493 e. The Labute approximate surface area is 148 Å². The number of hydrogen-bond donors (Lipinski definition) is 1. The Morgan fingerprint density at radius 1 is 1.12 bits per heavy atom. The Hall–Kier alpha value is -2.11. The maximum absolute atomic E-state index is 12.9. The van der Waals surface area contributed by atoms with Gasteiger partial charge >= 0.3 is 5.69 Å². The van der Waals surface area contributed by atoms with Crippen LogP contribution in [0.1, 0.15) is 22.2 Å². The molecule has 24 heavy (non-hydrogen) atoms. The van der Waals surface area contributed by atoms with Gasteiger partial charge in [0.05, 0.1) is 12.2 Å². The van der Waals surface area contributed by atoms with E-state index in [-0.39, 0.29) is 16.9 Å². The van der Waals surface area contributed by atoms with Crippen molar-refractivity contribution in [3.8, 4) is 5.88 Å². The van der Waals surface area contributed by atoms with E-state index in [1.54, 1.807) is 28.5 Å². The molecule has 0 saturated carbocycles. The van der Waals surface area contributed by atoms with E-state index in [1.807, 2.05) is 42.5 Å². The Morgan fingerprint density at radius 2 is 1.83 bits per heavy atom. The van der Waals surface area contributed by atoms with Crippen LogP contribution >= 0.6 is 23.4 Å². The fourth-order valence-electron chi connectivity index (χ4n) is 2.99. The van der Waals surface area contributed by atoms with Gasteiger partial charge in [0.1, 0.15) is 5.37 Å². The van der Waals surface area contributed by atoms with Gasteiger partial charge in [-0.05, 0) is 23.3 Å². The standard InChI is InChI=1S/C18H15ClN2O2S/c19-14-8-6-12(7-9-14)10-20-16(22)15-11-24-17(21(15)18(20)23)13-4-2-1-3-5-13/h1-9,17,22H,10-11H2. The molecule has 1 aliphatic rings. The molecular weight excluding hydrogens is 344 g/mol. The summed E-state index contributed by atoms with van der Waals surface area (Å²) in [5, 5.41) is 11.1. The first-order chi connectivity index (χ1) is 11.6. The molecule has 1 aromatic heterocycles. The number of benzene rings is 2. The van der Waals surface area contributed by atoms with Gasteiger partial charge in [-0.3, -0.25) is 9.13 Å². The summed E-state index contributed by atoms with van der Waals surface area (Å²) in [7, 11) is 0. The first-order valence-electron chi connectivity index (χ1n) is 7.59. The number of halogens is 1. The van der Waals surface area contributed by atoms with Crippen LogP contribution in [0.25, 0.3) is 0 Å². The fourth-order valence-corrected chi connectivity index (χ4v) is 4.41. The quantitative estimate of drug-likeness (QED) is 0.773. The van der Waals surface area contributed by atoms with Gasteiger partial charge in [0.25, 0.3) is 0 Å². The van der Waals surface area contributed by atoms with Crippen molar-refractivity contribution in [3.05, 3.63) is 86.9 Å². The molecule has 1 atom stereocenters. The Balaban J connectivity index is 1.74. The Bertz CT molecular complexity index is 932. The van der Waals surface area contributed by atoms with Crippen LogP contribution in [0, 0.1) is 0 Å². The SMILES string of the molecule is O=c1n(Cc2ccc(Cl)cc2)c(O)c2n1C(c1ccccc1)SC2. The van der Waals surface area contributed by atoms with Gasteiger partial charge in [-0.15, -0.1) is 11.8 Å². The van der Waals surface area contributed by atoms with Crippen molar-refractivity contribution in [1.29, 1.82) is 0 Å². The van der Waals surface area contributed by atoms with E-state index in [1.165, 1.54) is 4.57 Å². The average Bonchev–Trinajstić information content (AvgIpc) is 3.14. The Morgan fingerprint density at radius 3 is 2.54 bits per heavy atom. The van der Waals surface area contributed by atoms with Crippen LogP contribution in [0.3, 0.4) is 0 Å². The van der Waals surface area contributed by atoms with Crippen molar-refractivity contribution in [3.63, 3.8) is 0 Å². The molecule has 0 fully saturated rings. The summed E-state index contributed by atoms with van der Waals surface area (Å²) < 4.78 is 3.12. The maximum atomic E-state index is 12.9. The van der Waals surface area contributed by atoms with Gasteiger partial charge < -0.3 is 5.11 Å². The number of aromatic nitrogens is 2. The Kier molecular flexibility index (Phi) is 3.90. The maximum Gasteiger partial charge on any atom is 0.332 e. The molecule has 2 aromatic carbocycles. The molecule has 1 unspecified atom stereocenters. The topological polar surface area (TPSA) is 47.2 Å². The normalized spacial score (nSPS) is 16.3. The molecule has 0 saturated heterocycles. The lowest BCUT2D eigenvalue weighted by molar-refractivity contribution is 0.418. The second kappa shape index (κ2) is 6.07. The third kappa shape index (κ3) is 2.54. The molecule has 4 nitrogen and oxygen atoms in total. The first kappa shape index (κ1) is 15.4. The molecule has 1 N–H and O–H groups in total. The number of hydrogen-bond acceptors (Lipinski definition) is 3. The van der Waals surface area contributed by atoms with E-state index in [2.05, 4.69) is 0 Å². The summed E-state index contributed by atoms with van der Waals surface area (Å²) in [6.07, 6.45) is 0. The lowest BCUT2D eigenvalue weighted by atomic mass is 10.2. The van der Waals surface area contributed by atoms with Gasteiger partial charge in [0.2, 0.25) is 5.88 Å².